The van der Waals surface area contributed by atoms with Crippen molar-refractivity contribution in [3.8, 4) is 0 Å². The van der Waals surface area contributed by atoms with Crippen LogP contribution in [0.2, 0.25) is 0 Å². The number of benzene rings is 3. The van der Waals surface area contributed by atoms with Gasteiger partial charge in [0.05, 0.1) is 6.04 Å². The van der Waals surface area contributed by atoms with E-state index in [0.717, 1.165) is 21.9 Å². The normalized spacial score (nSPS) is 12.5. The quantitative estimate of drug-likeness (QED) is 0.562. The second-order valence-corrected chi connectivity index (χ2v) is 4.72. The van der Waals surface area contributed by atoms with Gasteiger partial charge in [0, 0.05) is 0 Å². The smallest absolute Gasteiger partial charge is 0.123 e. The van der Waals surface area contributed by atoms with Crippen molar-refractivity contribution < 1.29 is 4.39 Å². The van der Waals surface area contributed by atoms with E-state index >= 15 is 0 Å². The monoisotopic (exact) mass is 266 g/mol. The Labute approximate surface area is 117 Å². The Balaban J connectivity index is 2.14. The molecule has 3 rings (SSSR count). The van der Waals surface area contributed by atoms with Crippen molar-refractivity contribution in [2.45, 2.75) is 6.04 Å². The van der Waals surface area contributed by atoms with Crippen LogP contribution in [-0.2, 0) is 0 Å². The predicted molar refractivity (Wildman–Crippen MR) is 79.5 cm³/mol. The number of hydrogen-bond donors (Lipinski definition) is 2. The molecule has 0 spiro atoms. The zero-order valence-corrected chi connectivity index (χ0v) is 10.9. The third kappa shape index (κ3) is 2.29. The predicted octanol–water partition coefficient (Wildman–Crippen LogP) is 3.53. The summed E-state index contributed by atoms with van der Waals surface area (Å²) in [4.78, 5) is 0. The van der Waals surface area contributed by atoms with Gasteiger partial charge in [-0.3, -0.25) is 5.84 Å². The first-order valence-electron chi connectivity index (χ1n) is 6.49. The molecule has 3 heteroatoms. The fourth-order valence-electron chi connectivity index (χ4n) is 2.52. The van der Waals surface area contributed by atoms with E-state index in [1.807, 2.05) is 24.3 Å². The van der Waals surface area contributed by atoms with Gasteiger partial charge in [-0.1, -0.05) is 54.6 Å². The number of fused-ring (bicyclic) bond motifs is 1. The van der Waals surface area contributed by atoms with Crippen LogP contribution in [0.4, 0.5) is 4.39 Å². The molecule has 3 aromatic carbocycles. The molecule has 0 heterocycles. The summed E-state index contributed by atoms with van der Waals surface area (Å²) in [5.74, 6) is 5.47. The molecule has 3 aromatic rings. The molecule has 0 radical (unpaired) electrons. The summed E-state index contributed by atoms with van der Waals surface area (Å²) in [6.07, 6.45) is 0. The van der Waals surface area contributed by atoms with Gasteiger partial charge in [0.1, 0.15) is 5.82 Å². The zero-order chi connectivity index (χ0) is 13.9. The molecule has 0 aliphatic carbocycles. The summed E-state index contributed by atoms with van der Waals surface area (Å²) >= 11 is 0. The van der Waals surface area contributed by atoms with E-state index < -0.39 is 0 Å². The van der Waals surface area contributed by atoms with Gasteiger partial charge < -0.3 is 0 Å². The van der Waals surface area contributed by atoms with Gasteiger partial charge in [0.25, 0.3) is 0 Å². The van der Waals surface area contributed by atoms with Crippen molar-refractivity contribution in [3.05, 3.63) is 83.7 Å². The largest absolute Gasteiger partial charge is 0.271 e. The Morgan fingerprint density at radius 2 is 1.55 bits per heavy atom. The summed E-state index contributed by atoms with van der Waals surface area (Å²) < 4.78 is 13.1. The van der Waals surface area contributed by atoms with Crippen molar-refractivity contribution in [1.82, 2.24) is 5.43 Å². The highest BCUT2D eigenvalue weighted by Gasteiger charge is 2.14. The van der Waals surface area contributed by atoms with Crippen molar-refractivity contribution in [2.75, 3.05) is 0 Å². The molecule has 0 bridgehead atoms. The third-order valence-corrected chi connectivity index (χ3v) is 3.50. The number of hydrogen-bond acceptors (Lipinski definition) is 2. The van der Waals surface area contributed by atoms with Crippen LogP contribution in [0.5, 0.6) is 0 Å². The Morgan fingerprint density at radius 3 is 2.30 bits per heavy atom. The summed E-state index contributed by atoms with van der Waals surface area (Å²) in [5, 5.41) is 2.30. The second-order valence-electron chi connectivity index (χ2n) is 4.72. The topological polar surface area (TPSA) is 38.0 Å². The second kappa shape index (κ2) is 5.41. The Bertz CT molecular complexity index is 717. The van der Waals surface area contributed by atoms with Crippen LogP contribution in [0.1, 0.15) is 17.2 Å². The maximum absolute atomic E-state index is 13.1. The summed E-state index contributed by atoms with van der Waals surface area (Å²) in [6.45, 7) is 0. The number of hydrazine groups is 1. The van der Waals surface area contributed by atoms with E-state index in [1.165, 1.54) is 12.1 Å². The highest BCUT2D eigenvalue weighted by atomic mass is 19.1. The number of nitrogens with two attached hydrogens (primary N) is 1. The van der Waals surface area contributed by atoms with Crippen LogP contribution in [-0.4, -0.2) is 0 Å². The van der Waals surface area contributed by atoms with Gasteiger partial charge in [-0.05, 0) is 34.0 Å². The van der Waals surface area contributed by atoms with Gasteiger partial charge in [0.15, 0.2) is 0 Å². The molecule has 0 fully saturated rings. The molecule has 2 nitrogen and oxygen atoms in total. The lowest BCUT2D eigenvalue weighted by molar-refractivity contribution is 0.617. The minimum atomic E-state index is -0.248. The number of rotatable bonds is 3. The van der Waals surface area contributed by atoms with E-state index in [0.29, 0.717) is 0 Å². The number of halogens is 1. The van der Waals surface area contributed by atoms with Crippen LogP contribution in [0, 0.1) is 5.82 Å². The molecule has 1 unspecified atom stereocenters. The maximum atomic E-state index is 13.1. The molecule has 100 valence electrons. The molecule has 3 N–H and O–H groups in total. The molecule has 0 aliphatic rings. The minimum Gasteiger partial charge on any atom is -0.271 e. The minimum absolute atomic E-state index is 0.165. The first-order chi connectivity index (χ1) is 9.79. The zero-order valence-electron chi connectivity index (χ0n) is 10.9. The average molecular weight is 266 g/mol. The molecule has 0 saturated heterocycles. The van der Waals surface area contributed by atoms with E-state index in [2.05, 4.69) is 23.6 Å². The van der Waals surface area contributed by atoms with Crippen molar-refractivity contribution in [2.24, 2.45) is 5.84 Å². The van der Waals surface area contributed by atoms with E-state index in [9.17, 15) is 4.39 Å². The van der Waals surface area contributed by atoms with Crippen molar-refractivity contribution >= 4 is 10.8 Å². The molecule has 0 saturated carbocycles. The van der Waals surface area contributed by atoms with Crippen LogP contribution in [0.25, 0.3) is 10.8 Å². The summed E-state index contributed by atoms with van der Waals surface area (Å²) in [5.41, 5.74) is 4.84. The van der Waals surface area contributed by atoms with Gasteiger partial charge >= 0.3 is 0 Å². The molecule has 1 atom stereocenters. The molecular weight excluding hydrogens is 251 g/mol. The first-order valence-corrected chi connectivity index (χ1v) is 6.49. The fraction of sp³-hybridized carbons (Fsp3) is 0.0588. The lowest BCUT2D eigenvalue weighted by Crippen LogP contribution is -2.29. The molecule has 0 amide bonds. The molecule has 0 aliphatic heterocycles. The van der Waals surface area contributed by atoms with Crippen LogP contribution in [0.3, 0.4) is 0 Å². The van der Waals surface area contributed by atoms with Crippen LogP contribution in [0.15, 0.2) is 66.7 Å². The standard InChI is InChI=1S/C17H15FN2/c18-14-10-8-13(9-11-14)17(20-19)16-7-3-5-12-4-1-2-6-15(12)16/h1-11,17,20H,19H2. The Hall–Kier alpha value is -2.23. The Kier molecular flexibility index (Phi) is 3.46. The lowest BCUT2D eigenvalue weighted by Gasteiger charge is -2.19. The van der Waals surface area contributed by atoms with Gasteiger partial charge in [-0.2, -0.15) is 0 Å². The summed E-state index contributed by atoms with van der Waals surface area (Å²) in [6, 6.07) is 20.5. The van der Waals surface area contributed by atoms with Crippen LogP contribution < -0.4 is 11.3 Å². The fourth-order valence-corrected chi connectivity index (χ4v) is 2.52. The summed E-state index contributed by atoms with van der Waals surface area (Å²) in [7, 11) is 0. The van der Waals surface area contributed by atoms with E-state index in [1.54, 1.807) is 12.1 Å². The van der Waals surface area contributed by atoms with E-state index in [4.69, 9.17) is 5.84 Å². The SMILES string of the molecule is NNC(c1ccc(F)cc1)c1cccc2ccccc12. The maximum Gasteiger partial charge on any atom is 0.123 e. The highest BCUT2D eigenvalue weighted by Crippen LogP contribution is 2.28. The van der Waals surface area contributed by atoms with Crippen molar-refractivity contribution in [3.63, 3.8) is 0 Å². The van der Waals surface area contributed by atoms with E-state index in [-0.39, 0.29) is 11.9 Å². The lowest BCUT2D eigenvalue weighted by atomic mass is 9.94. The average Bonchev–Trinajstić information content (AvgIpc) is 2.50. The van der Waals surface area contributed by atoms with Gasteiger partial charge in [-0.25, -0.2) is 9.82 Å². The van der Waals surface area contributed by atoms with Gasteiger partial charge in [0.2, 0.25) is 0 Å². The van der Waals surface area contributed by atoms with Crippen molar-refractivity contribution in [1.29, 1.82) is 0 Å². The Morgan fingerprint density at radius 1 is 0.850 bits per heavy atom. The number of nitrogens with one attached hydrogen (secondary N) is 1. The third-order valence-electron chi connectivity index (χ3n) is 3.50. The van der Waals surface area contributed by atoms with Crippen LogP contribution >= 0.6 is 0 Å². The van der Waals surface area contributed by atoms with Gasteiger partial charge in [-0.15, -0.1) is 0 Å². The highest BCUT2D eigenvalue weighted by molar-refractivity contribution is 5.86. The molecular formula is C17H15FN2. The molecule has 20 heavy (non-hydrogen) atoms. The first kappa shape index (κ1) is 12.8. The molecule has 0 aromatic heterocycles.